The largest absolute Gasteiger partial charge is 0.416 e. The second kappa shape index (κ2) is 7.50. The summed E-state index contributed by atoms with van der Waals surface area (Å²) in [5.41, 5.74) is -3.93. The Kier molecular flexibility index (Phi) is 5.54. The number of hydrogen-bond donors (Lipinski definition) is 1. The number of alkyl halides is 6. The van der Waals surface area contributed by atoms with Crippen LogP contribution in [0.25, 0.3) is 11.5 Å². The molecule has 1 aromatic carbocycles. The third-order valence-electron chi connectivity index (χ3n) is 3.38. The van der Waals surface area contributed by atoms with Crippen molar-refractivity contribution >= 4 is 46.5 Å². The van der Waals surface area contributed by atoms with Gasteiger partial charge in [0.25, 0.3) is 11.8 Å². The number of nitrogens with one attached hydrogen (secondary N) is 1. The van der Waals surface area contributed by atoms with Crippen molar-refractivity contribution in [3.63, 3.8) is 0 Å². The Hall–Kier alpha value is -2.31. The van der Waals surface area contributed by atoms with Gasteiger partial charge < -0.3 is 4.42 Å². The standard InChI is InChI=1S/C15H5Cl2F6N3O2S/c16-9-4-8(10(17)29-9)12-25-26-13(28-12)24-11(27)5-1-6(14(18,19)20)3-7(2-5)15(21,22)23/h1-4H,(H,24,26,27). The van der Waals surface area contributed by atoms with E-state index in [4.69, 9.17) is 27.6 Å². The number of carbonyl (C=O) groups excluding carboxylic acids is 1. The van der Waals surface area contributed by atoms with Crippen LogP contribution in [0.5, 0.6) is 0 Å². The second-order valence-corrected chi connectivity index (χ2v) is 7.68. The van der Waals surface area contributed by atoms with E-state index in [1.165, 1.54) is 6.07 Å². The lowest BCUT2D eigenvalue weighted by Gasteiger charge is -2.13. The maximum Gasteiger partial charge on any atom is 0.416 e. The van der Waals surface area contributed by atoms with Crippen molar-refractivity contribution in [2.24, 2.45) is 0 Å². The lowest BCUT2D eigenvalue weighted by molar-refractivity contribution is -0.143. The van der Waals surface area contributed by atoms with Crippen LogP contribution >= 0.6 is 34.5 Å². The summed E-state index contributed by atoms with van der Waals surface area (Å²) in [6.45, 7) is 0. The number of halogens is 8. The average Bonchev–Trinajstić information content (AvgIpc) is 3.18. The fourth-order valence-corrected chi connectivity index (χ4v) is 3.57. The number of amides is 1. The zero-order valence-corrected chi connectivity index (χ0v) is 15.8. The molecule has 1 amide bonds. The molecule has 2 aromatic heterocycles. The normalized spacial score (nSPS) is 12.3. The van der Waals surface area contributed by atoms with Crippen molar-refractivity contribution in [2.45, 2.75) is 12.4 Å². The second-order valence-electron chi connectivity index (χ2n) is 5.40. The number of anilines is 1. The molecule has 0 unspecified atom stereocenters. The van der Waals surface area contributed by atoms with Crippen LogP contribution in [0.4, 0.5) is 32.4 Å². The Morgan fingerprint density at radius 3 is 2.03 bits per heavy atom. The molecular weight excluding hydrogens is 471 g/mol. The number of nitrogens with zero attached hydrogens (tertiary/aromatic N) is 2. The molecule has 0 aliphatic carbocycles. The number of rotatable bonds is 3. The van der Waals surface area contributed by atoms with Gasteiger partial charge in [0.05, 0.1) is 21.0 Å². The number of benzene rings is 1. The summed E-state index contributed by atoms with van der Waals surface area (Å²) >= 11 is 12.7. The van der Waals surface area contributed by atoms with Crippen LogP contribution in [0.3, 0.4) is 0 Å². The number of carbonyl (C=O) groups is 1. The van der Waals surface area contributed by atoms with Crippen LogP contribution in [-0.4, -0.2) is 16.1 Å². The molecule has 14 heteroatoms. The Balaban J connectivity index is 1.90. The van der Waals surface area contributed by atoms with Gasteiger partial charge in [0.1, 0.15) is 4.34 Å². The molecule has 154 valence electrons. The van der Waals surface area contributed by atoms with Crippen LogP contribution in [-0.2, 0) is 12.4 Å². The summed E-state index contributed by atoms with van der Waals surface area (Å²) in [6.07, 6.45) is -10.2. The van der Waals surface area contributed by atoms with Crippen molar-refractivity contribution in [3.05, 3.63) is 49.6 Å². The average molecular weight is 476 g/mol. The van der Waals surface area contributed by atoms with Crippen LogP contribution < -0.4 is 5.32 Å². The molecule has 0 radical (unpaired) electrons. The first-order valence-corrected chi connectivity index (χ1v) is 8.81. The molecule has 29 heavy (non-hydrogen) atoms. The third-order valence-corrected chi connectivity index (χ3v) is 4.87. The lowest BCUT2D eigenvalue weighted by atomic mass is 10.0. The Morgan fingerprint density at radius 1 is 0.966 bits per heavy atom. The molecule has 0 spiro atoms. The first-order chi connectivity index (χ1) is 13.3. The van der Waals surface area contributed by atoms with E-state index in [-0.39, 0.29) is 34.0 Å². The minimum Gasteiger partial charge on any atom is -0.403 e. The minimum absolute atomic E-state index is 0.0934. The van der Waals surface area contributed by atoms with Gasteiger partial charge in [-0.15, -0.1) is 16.4 Å². The molecule has 1 N–H and O–H groups in total. The SMILES string of the molecule is O=C(Nc1nnc(-c2cc(Cl)sc2Cl)o1)c1cc(C(F)(F)F)cc(C(F)(F)F)c1. The highest BCUT2D eigenvalue weighted by Crippen LogP contribution is 2.38. The summed E-state index contributed by atoms with van der Waals surface area (Å²) in [6, 6.07) is 1.30. The van der Waals surface area contributed by atoms with Gasteiger partial charge in [-0.3, -0.25) is 10.1 Å². The van der Waals surface area contributed by atoms with Crippen molar-refractivity contribution in [1.29, 1.82) is 0 Å². The minimum atomic E-state index is -5.09. The van der Waals surface area contributed by atoms with Gasteiger partial charge in [-0.2, -0.15) is 26.3 Å². The highest BCUT2D eigenvalue weighted by atomic mass is 35.5. The van der Waals surface area contributed by atoms with Crippen molar-refractivity contribution in [3.8, 4) is 11.5 Å². The van der Waals surface area contributed by atoms with E-state index >= 15 is 0 Å². The van der Waals surface area contributed by atoms with Crippen molar-refractivity contribution < 1.29 is 35.6 Å². The zero-order chi connectivity index (χ0) is 21.6. The van der Waals surface area contributed by atoms with E-state index in [1.807, 2.05) is 5.32 Å². The van der Waals surface area contributed by atoms with Crippen LogP contribution in [0.1, 0.15) is 21.5 Å². The molecule has 0 saturated carbocycles. The van der Waals surface area contributed by atoms with Gasteiger partial charge in [-0.25, -0.2) is 0 Å². The number of hydrogen-bond acceptors (Lipinski definition) is 5. The van der Waals surface area contributed by atoms with Gasteiger partial charge in [0.15, 0.2) is 0 Å². The van der Waals surface area contributed by atoms with E-state index < -0.39 is 41.0 Å². The molecule has 3 aromatic rings. The Morgan fingerprint density at radius 2 is 1.55 bits per heavy atom. The van der Waals surface area contributed by atoms with Gasteiger partial charge in [-0.1, -0.05) is 28.3 Å². The molecule has 0 fully saturated rings. The van der Waals surface area contributed by atoms with Crippen LogP contribution in [0, 0.1) is 0 Å². The quantitative estimate of drug-likeness (QED) is 0.445. The fourth-order valence-electron chi connectivity index (χ4n) is 2.12. The summed E-state index contributed by atoms with van der Waals surface area (Å²) in [5.74, 6) is -1.47. The predicted molar refractivity (Wildman–Crippen MR) is 92.0 cm³/mol. The van der Waals surface area contributed by atoms with Gasteiger partial charge in [-0.05, 0) is 24.3 Å². The lowest BCUT2D eigenvalue weighted by Crippen LogP contribution is -2.17. The van der Waals surface area contributed by atoms with Gasteiger partial charge in [0.2, 0.25) is 0 Å². The van der Waals surface area contributed by atoms with Crippen molar-refractivity contribution in [2.75, 3.05) is 5.32 Å². The maximum atomic E-state index is 12.9. The summed E-state index contributed by atoms with van der Waals surface area (Å²) in [7, 11) is 0. The Bertz CT molecular complexity index is 1040. The molecule has 0 saturated heterocycles. The van der Waals surface area contributed by atoms with E-state index in [0.717, 1.165) is 11.3 Å². The summed E-state index contributed by atoms with van der Waals surface area (Å²) in [5, 5.41) is 9.00. The smallest absolute Gasteiger partial charge is 0.403 e. The van der Waals surface area contributed by atoms with Crippen LogP contribution in [0.2, 0.25) is 8.67 Å². The third kappa shape index (κ3) is 4.82. The molecule has 0 aliphatic rings. The molecule has 3 rings (SSSR count). The van der Waals surface area contributed by atoms with E-state index in [2.05, 4.69) is 10.2 Å². The molecule has 0 bridgehead atoms. The van der Waals surface area contributed by atoms with E-state index in [0.29, 0.717) is 4.34 Å². The summed E-state index contributed by atoms with van der Waals surface area (Å²) in [4.78, 5) is 12.2. The molecule has 0 atom stereocenters. The number of aromatic nitrogens is 2. The van der Waals surface area contributed by atoms with Crippen molar-refractivity contribution in [1.82, 2.24) is 10.2 Å². The number of thiophene rings is 1. The van der Waals surface area contributed by atoms with Gasteiger partial charge >= 0.3 is 18.4 Å². The molecular formula is C15H5Cl2F6N3O2S. The molecule has 2 heterocycles. The monoisotopic (exact) mass is 475 g/mol. The highest BCUT2D eigenvalue weighted by molar-refractivity contribution is 7.20. The zero-order valence-electron chi connectivity index (χ0n) is 13.5. The predicted octanol–water partition coefficient (Wildman–Crippen LogP) is 6.39. The first-order valence-electron chi connectivity index (χ1n) is 7.24. The summed E-state index contributed by atoms with van der Waals surface area (Å²) < 4.78 is 83.0. The highest BCUT2D eigenvalue weighted by Gasteiger charge is 2.37. The molecule has 5 nitrogen and oxygen atoms in total. The topological polar surface area (TPSA) is 68.0 Å². The van der Waals surface area contributed by atoms with E-state index in [1.54, 1.807) is 0 Å². The maximum absolute atomic E-state index is 12.9. The van der Waals surface area contributed by atoms with Crippen LogP contribution in [0.15, 0.2) is 28.7 Å². The fraction of sp³-hybridized carbons (Fsp3) is 0.133. The van der Waals surface area contributed by atoms with E-state index in [9.17, 15) is 31.1 Å². The van der Waals surface area contributed by atoms with Gasteiger partial charge in [0, 0.05) is 5.56 Å². The Labute approximate surface area is 171 Å². The molecule has 0 aliphatic heterocycles. The first kappa shape index (κ1) is 21.4.